The first-order valence-electron chi connectivity index (χ1n) is 7.16. The fourth-order valence-electron chi connectivity index (χ4n) is 2.00. The number of ether oxygens (including phenoxy) is 1. The first-order chi connectivity index (χ1) is 11.7. The van der Waals surface area contributed by atoms with E-state index in [1.807, 2.05) is 30.3 Å². The van der Waals surface area contributed by atoms with Crippen molar-refractivity contribution in [3.8, 4) is 5.88 Å². The largest absolute Gasteiger partial charge is 0.418 e. The summed E-state index contributed by atoms with van der Waals surface area (Å²) in [7, 11) is 0. The molecule has 0 fully saturated rings. The number of aromatic nitrogens is 1. The number of halogens is 1. The van der Waals surface area contributed by atoms with Gasteiger partial charge in [-0.1, -0.05) is 48.0 Å². The van der Waals surface area contributed by atoms with Gasteiger partial charge in [-0.2, -0.15) is 0 Å². The second-order valence-electron chi connectivity index (χ2n) is 4.85. The Labute approximate surface area is 148 Å². The van der Waals surface area contributed by atoms with Crippen molar-refractivity contribution >= 4 is 39.7 Å². The summed E-state index contributed by atoms with van der Waals surface area (Å²) in [4.78, 5) is 16.1. The summed E-state index contributed by atoms with van der Waals surface area (Å²) < 4.78 is 5.26. The third-order valence-corrected chi connectivity index (χ3v) is 4.09. The number of hydrogen-bond donors (Lipinski definition) is 2. The van der Waals surface area contributed by atoms with Crippen LogP contribution in [-0.2, 0) is 6.54 Å². The van der Waals surface area contributed by atoms with E-state index in [1.54, 1.807) is 29.8 Å². The average molecular weight is 360 g/mol. The van der Waals surface area contributed by atoms with Gasteiger partial charge in [-0.3, -0.25) is 5.32 Å². The number of carbonyl (C=O) groups excluding carboxylic acids is 1. The van der Waals surface area contributed by atoms with Crippen molar-refractivity contribution in [2.75, 3.05) is 10.6 Å². The maximum Gasteiger partial charge on any atom is 0.418 e. The molecular formula is C17H14ClN3O2S. The number of thiazole rings is 1. The SMILES string of the molecule is O=C(Nc1cccc(Cl)c1)Oc1ncsc1NCc1ccccc1. The molecule has 0 bridgehead atoms. The lowest BCUT2D eigenvalue weighted by molar-refractivity contribution is 0.214. The van der Waals surface area contributed by atoms with Crippen molar-refractivity contribution in [1.29, 1.82) is 0 Å². The van der Waals surface area contributed by atoms with Crippen molar-refractivity contribution < 1.29 is 9.53 Å². The first-order valence-corrected chi connectivity index (χ1v) is 8.42. The highest BCUT2D eigenvalue weighted by atomic mass is 35.5. The summed E-state index contributed by atoms with van der Waals surface area (Å²) in [6.45, 7) is 0.620. The van der Waals surface area contributed by atoms with Crippen LogP contribution in [0.2, 0.25) is 5.02 Å². The second-order valence-corrected chi connectivity index (χ2v) is 6.14. The molecule has 7 heteroatoms. The molecule has 5 nitrogen and oxygen atoms in total. The minimum Gasteiger partial charge on any atom is -0.388 e. The molecule has 0 spiro atoms. The zero-order chi connectivity index (χ0) is 16.8. The van der Waals surface area contributed by atoms with Gasteiger partial charge >= 0.3 is 6.09 Å². The standard InChI is InChI=1S/C17H14ClN3O2S/c18-13-7-4-8-14(9-13)21-17(22)23-15-16(24-11-20-15)19-10-12-5-2-1-3-6-12/h1-9,11,19H,10H2,(H,21,22). The molecular weight excluding hydrogens is 346 g/mol. The van der Waals surface area contributed by atoms with E-state index in [2.05, 4.69) is 15.6 Å². The fourth-order valence-corrected chi connectivity index (χ4v) is 2.80. The third kappa shape index (κ3) is 4.47. The molecule has 0 saturated heterocycles. The second kappa shape index (κ2) is 7.81. The van der Waals surface area contributed by atoms with Crippen LogP contribution >= 0.6 is 22.9 Å². The average Bonchev–Trinajstić information content (AvgIpc) is 3.01. The topological polar surface area (TPSA) is 63.2 Å². The van der Waals surface area contributed by atoms with Crippen LogP contribution in [0.25, 0.3) is 0 Å². The van der Waals surface area contributed by atoms with Gasteiger partial charge in [0.1, 0.15) is 0 Å². The summed E-state index contributed by atoms with van der Waals surface area (Å²) in [5.74, 6) is 0.246. The normalized spacial score (nSPS) is 10.2. The molecule has 2 aromatic carbocycles. The van der Waals surface area contributed by atoms with Crippen LogP contribution in [0.5, 0.6) is 5.88 Å². The number of anilines is 2. The Kier molecular flexibility index (Phi) is 5.30. The number of carbonyl (C=O) groups is 1. The molecule has 3 aromatic rings. The molecule has 0 saturated carbocycles. The van der Waals surface area contributed by atoms with Crippen LogP contribution in [-0.4, -0.2) is 11.1 Å². The monoisotopic (exact) mass is 359 g/mol. The zero-order valence-electron chi connectivity index (χ0n) is 12.5. The smallest absolute Gasteiger partial charge is 0.388 e. The highest BCUT2D eigenvalue weighted by Crippen LogP contribution is 2.28. The molecule has 2 N–H and O–H groups in total. The maximum absolute atomic E-state index is 12.0. The Morgan fingerprint density at radius 1 is 1.17 bits per heavy atom. The van der Waals surface area contributed by atoms with Gasteiger partial charge in [-0.05, 0) is 23.8 Å². The van der Waals surface area contributed by atoms with E-state index < -0.39 is 6.09 Å². The van der Waals surface area contributed by atoms with Gasteiger partial charge in [0.25, 0.3) is 5.88 Å². The number of hydrogen-bond acceptors (Lipinski definition) is 5. The van der Waals surface area contributed by atoms with Gasteiger partial charge in [0.05, 0.1) is 5.51 Å². The molecule has 122 valence electrons. The predicted molar refractivity (Wildman–Crippen MR) is 97.0 cm³/mol. The van der Waals surface area contributed by atoms with Crippen LogP contribution in [0, 0.1) is 0 Å². The molecule has 0 aliphatic carbocycles. The lowest BCUT2D eigenvalue weighted by Crippen LogP contribution is -2.17. The highest BCUT2D eigenvalue weighted by Gasteiger charge is 2.12. The van der Waals surface area contributed by atoms with Gasteiger partial charge in [0.2, 0.25) is 0 Å². The van der Waals surface area contributed by atoms with E-state index >= 15 is 0 Å². The number of amides is 1. The minimum absolute atomic E-state index is 0.246. The van der Waals surface area contributed by atoms with Crippen LogP contribution in [0.4, 0.5) is 15.5 Å². The van der Waals surface area contributed by atoms with Gasteiger partial charge in [0, 0.05) is 17.3 Å². The Morgan fingerprint density at radius 2 is 2.00 bits per heavy atom. The van der Waals surface area contributed by atoms with E-state index in [9.17, 15) is 4.79 Å². The summed E-state index contributed by atoms with van der Waals surface area (Å²) >= 11 is 7.25. The molecule has 1 aromatic heterocycles. The quantitative estimate of drug-likeness (QED) is 0.671. The maximum atomic E-state index is 12.0. The number of benzene rings is 2. The van der Waals surface area contributed by atoms with Crippen molar-refractivity contribution in [2.24, 2.45) is 0 Å². The van der Waals surface area contributed by atoms with E-state index in [-0.39, 0.29) is 5.88 Å². The number of nitrogens with zero attached hydrogens (tertiary/aromatic N) is 1. The summed E-state index contributed by atoms with van der Waals surface area (Å²) in [5.41, 5.74) is 3.30. The van der Waals surface area contributed by atoms with Crippen molar-refractivity contribution in [2.45, 2.75) is 6.54 Å². The van der Waals surface area contributed by atoms with Gasteiger partial charge in [-0.25, -0.2) is 9.78 Å². The zero-order valence-corrected chi connectivity index (χ0v) is 14.1. The van der Waals surface area contributed by atoms with E-state index in [4.69, 9.17) is 16.3 Å². The molecule has 1 heterocycles. The number of rotatable bonds is 5. The van der Waals surface area contributed by atoms with Gasteiger partial charge in [0.15, 0.2) is 5.00 Å². The molecule has 24 heavy (non-hydrogen) atoms. The first kappa shape index (κ1) is 16.3. The number of nitrogens with one attached hydrogen (secondary N) is 2. The van der Waals surface area contributed by atoms with Crippen molar-refractivity contribution in [1.82, 2.24) is 4.98 Å². The van der Waals surface area contributed by atoms with Crippen LogP contribution in [0.15, 0.2) is 60.1 Å². The Bertz CT molecular complexity index is 823. The molecule has 0 aliphatic rings. The minimum atomic E-state index is -0.620. The molecule has 0 aliphatic heterocycles. The summed E-state index contributed by atoms with van der Waals surface area (Å²) in [5, 5.41) is 7.06. The Hall–Kier alpha value is -2.57. The molecule has 1 amide bonds. The lowest BCUT2D eigenvalue weighted by atomic mass is 10.2. The molecule has 0 radical (unpaired) electrons. The van der Waals surface area contributed by atoms with E-state index in [0.717, 1.165) is 5.56 Å². The van der Waals surface area contributed by atoms with Crippen LogP contribution in [0.1, 0.15) is 5.56 Å². The lowest BCUT2D eigenvalue weighted by Gasteiger charge is -2.08. The van der Waals surface area contributed by atoms with Crippen molar-refractivity contribution in [3.63, 3.8) is 0 Å². The molecule has 0 atom stereocenters. The summed E-state index contributed by atoms with van der Waals surface area (Å²) in [6, 6.07) is 16.8. The van der Waals surface area contributed by atoms with Gasteiger partial charge in [-0.15, -0.1) is 11.3 Å². The predicted octanol–water partition coefficient (Wildman–Crippen LogP) is 5.02. The van der Waals surface area contributed by atoms with Crippen LogP contribution in [0.3, 0.4) is 0 Å². The Balaban J connectivity index is 1.59. The fraction of sp³-hybridized carbons (Fsp3) is 0.0588. The highest BCUT2D eigenvalue weighted by molar-refractivity contribution is 7.14. The van der Waals surface area contributed by atoms with Crippen LogP contribution < -0.4 is 15.4 Å². The summed E-state index contributed by atoms with van der Waals surface area (Å²) in [6.07, 6.45) is -0.620. The van der Waals surface area contributed by atoms with E-state index in [1.165, 1.54) is 11.3 Å². The third-order valence-electron chi connectivity index (χ3n) is 3.09. The molecule has 3 rings (SSSR count). The van der Waals surface area contributed by atoms with Crippen molar-refractivity contribution in [3.05, 3.63) is 70.7 Å². The van der Waals surface area contributed by atoms with Gasteiger partial charge < -0.3 is 10.1 Å². The molecule has 0 unspecified atom stereocenters. The Morgan fingerprint density at radius 3 is 2.79 bits per heavy atom. The van der Waals surface area contributed by atoms with E-state index in [0.29, 0.717) is 22.3 Å².